The summed E-state index contributed by atoms with van der Waals surface area (Å²) in [5, 5.41) is 2.68. The zero-order valence-electron chi connectivity index (χ0n) is 20.8. The maximum absolute atomic E-state index is 14.4. The minimum absolute atomic E-state index is 0.0578. The molecule has 1 heterocycles. The Morgan fingerprint density at radius 3 is 2.31 bits per heavy atom. The zero-order chi connectivity index (χ0) is 25.4. The molecule has 0 bridgehead atoms. The third-order valence-electron chi connectivity index (χ3n) is 6.04. The quantitative estimate of drug-likeness (QED) is 0.353. The lowest BCUT2D eigenvalue weighted by Gasteiger charge is -2.33. The average Bonchev–Trinajstić information content (AvgIpc) is 2.82. The highest BCUT2D eigenvalue weighted by Crippen LogP contribution is 2.31. The van der Waals surface area contributed by atoms with Gasteiger partial charge in [-0.1, -0.05) is 36.4 Å². The van der Waals surface area contributed by atoms with Crippen LogP contribution in [0.25, 0.3) is 0 Å². The van der Waals surface area contributed by atoms with Gasteiger partial charge in [0.05, 0.1) is 5.69 Å². The van der Waals surface area contributed by atoms with Crippen molar-refractivity contribution in [1.29, 1.82) is 0 Å². The fourth-order valence-electron chi connectivity index (χ4n) is 4.17. The largest absolute Gasteiger partial charge is 0.444 e. The Balaban J connectivity index is 1.46. The Bertz CT molecular complexity index is 1020. The molecule has 2 aromatic carbocycles. The van der Waals surface area contributed by atoms with Crippen molar-refractivity contribution in [2.24, 2.45) is 0 Å². The van der Waals surface area contributed by atoms with Crippen molar-refractivity contribution >= 4 is 23.5 Å². The van der Waals surface area contributed by atoms with Crippen LogP contribution in [0.2, 0.25) is 0 Å². The van der Waals surface area contributed by atoms with Gasteiger partial charge in [-0.15, -0.1) is 0 Å². The molecule has 0 aliphatic carbocycles. The lowest BCUT2D eigenvalue weighted by molar-refractivity contribution is -0.116. The highest BCUT2D eigenvalue weighted by molar-refractivity contribution is 5.96. The van der Waals surface area contributed by atoms with Crippen molar-refractivity contribution < 1.29 is 23.5 Å². The Labute approximate surface area is 206 Å². The topological polar surface area (TPSA) is 75.7 Å². The minimum Gasteiger partial charge on any atom is -0.444 e. The second kappa shape index (κ2) is 12.0. The molecule has 0 saturated carbocycles. The summed E-state index contributed by atoms with van der Waals surface area (Å²) in [6.45, 7) is 6.67. The third kappa shape index (κ3) is 8.19. The van der Waals surface area contributed by atoms with Crippen molar-refractivity contribution in [1.82, 2.24) is 4.90 Å². The smallest absolute Gasteiger partial charge is 0.410 e. The van der Waals surface area contributed by atoms with E-state index >= 15 is 0 Å². The number of Topliss-reactive ketones (excluding diaryl/α,β-unsaturated/α-hetero) is 1. The number of nitrogens with zero attached hydrogens (tertiary/aromatic N) is 1. The van der Waals surface area contributed by atoms with Crippen LogP contribution in [0.4, 0.5) is 14.9 Å². The summed E-state index contributed by atoms with van der Waals surface area (Å²) in [6.07, 6.45) is 2.92. The number of piperidine rings is 1. The Morgan fingerprint density at radius 1 is 1.00 bits per heavy atom. The van der Waals surface area contributed by atoms with Crippen LogP contribution >= 0.6 is 0 Å². The van der Waals surface area contributed by atoms with Crippen LogP contribution in [-0.2, 0) is 9.53 Å². The van der Waals surface area contributed by atoms with Crippen LogP contribution in [0.5, 0.6) is 0 Å². The van der Waals surface area contributed by atoms with Crippen LogP contribution in [0.15, 0.2) is 48.5 Å². The van der Waals surface area contributed by atoms with Crippen molar-refractivity contribution in [3.63, 3.8) is 0 Å². The van der Waals surface area contributed by atoms with E-state index in [0.29, 0.717) is 37.9 Å². The number of hydrogen-bond donors (Lipinski definition) is 1. The third-order valence-corrected chi connectivity index (χ3v) is 6.04. The Hall–Kier alpha value is -3.22. The molecule has 0 unspecified atom stereocenters. The second-order valence-electron chi connectivity index (χ2n) is 10.0. The van der Waals surface area contributed by atoms with Crippen LogP contribution in [0.3, 0.4) is 0 Å². The van der Waals surface area contributed by atoms with E-state index in [1.807, 2.05) is 39.0 Å². The summed E-state index contributed by atoms with van der Waals surface area (Å²) in [5.41, 5.74) is 1.25. The number of anilines is 1. The predicted octanol–water partition coefficient (Wildman–Crippen LogP) is 6.32. The van der Waals surface area contributed by atoms with Crippen molar-refractivity contribution in [3.05, 3.63) is 65.5 Å². The number of rotatable bonds is 8. The van der Waals surface area contributed by atoms with Crippen molar-refractivity contribution in [2.45, 2.75) is 70.8 Å². The molecule has 1 aliphatic heterocycles. The van der Waals surface area contributed by atoms with Gasteiger partial charge in [-0.2, -0.15) is 0 Å². The molecule has 1 saturated heterocycles. The molecular formula is C28H35FN2O4. The molecule has 2 amide bonds. The summed E-state index contributed by atoms with van der Waals surface area (Å²) in [6, 6.07) is 13.9. The SMILES string of the molecule is CC(C)(C)OC(=O)N1CCC(c2ccc(F)c(NC(=O)CCCCC(=O)c3ccccc3)c2)CC1. The van der Waals surface area contributed by atoms with Gasteiger partial charge in [0.15, 0.2) is 5.78 Å². The van der Waals surface area contributed by atoms with Crippen molar-refractivity contribution in [2.75, 3.05) is 18.4 Å². The number of halogens is 1. The molecule has 2 aromatic rings. The minimum atomic E-state index is -0.532. The number of carbonyl (C=O) groups is 3. The van der Waals surface area contributed by atoms with Crippen LogP contribution in [0, 0.1) is 5.82 Å². The highest BCUT2D eigenvalue weighted by atomic mass is 19.1. The molecule has 7 heteroatoms. The number of nitrogens with one attached hydrogen (secondary N) is 1. The zero-order valence-corrected chi connectivity index (χ0v) is 20.8. The van der Waals surface area contributed by atoms with Gasteiger partial charge >= 0.3 is 6.09 Å². The number of benzene rings is 2. The molecule has 1 fully saturated rings. The van der Waals surface area contributed by atoms with Gasteiger partial charge in [0, 0.05) is 31.5 Å². The first-order chi connectivity index (χ1) is 16.6. The van der Waals surface area contributed by atoms with E-state index < -0.39 is 11.4 Å². The number of carbonyl (C=O) groups excluding carboxylic acids is 3. The summed E-state index contributed by atoms with van der Waals surface area (Å²) < 4.78 is 19.8. The molecule has 3 rings (SSSR count). The summed E-state index contributed by atoms with van der Waals surface area (Å²) >= 11 is 0. The molecule has 1 N–H and O–H groups in total. The van der Waals surface area contributed by atoms with Gasteiger partial charge in [-0.05, 0) is 70.1 Å². The first-order valence-electron chi connectivity index (χ1n) is 12.3. The van der Waals surface area contributed by atoms with Gasteiger partial charge in [0.1, 0.15) is 11.4 Å². The highest BCUT2D eigenvalue weighted by Gasteiger charge is 2.27. The van der Waals surface area contributed by atoms with Crippen molar-refractivity contribution in [3.8, 4) is 0 Å². The number of ketones is 1. The number of unbranched alkanes of at least 4 members (excludes halogenated alkanes) is 1. The van der Waals surface area contributed by atoms with E-state index in [4.69, 9.17) is 4.74 Å². The van der Waals surface area contributed by atoms with E-state index in [1.165, 1.54) is 6.07 Å². The molecule has 188 valence electrons. The number of ether oxygens (including phenoxy) is 1. The number of hydrogen-bond acceptors (Lipinski definition) is 4. The van der Waals surface area contributed by atoms with E-state index in [9.17, 15) is 18.8 Å². The van der Waals surface area contributed by atoms with Gasteiger partial charge in [-0.25, -0.2) is 9.18 Å². The summed E-state index contributed by atoms with van der Waals surface area (Å²) in [7, 11) is 0. The van der Waals surface area contributed by atoms with E-state index in [0.717, 1.165) is 18.4 Å². The van der Waals surface area contributed by atoms with E-state index in [-0.39, 0.29) is 35.8 Å². The maximum atomic E-state index is 14.4. The van der Waals surface area contributed by atoms with Gasteiger partial charge in [0.25, 0.3) is 0 Å². The Morgan fingerprint density at radius 2 is 1.66 bits per heavy atom. The molecule has 35 heavy (non-hydrogen) atoms. The molecule has 0 aromatic heterocycles. The molecule has 0 radical (unpaired) electrons. The maximum Gasteiger partial charge on any atom is 0.410 e. The fraction of sp³-hybridized carbons (Fsp3) is 0.464. The van der Waals surface area contributed by atoms with E-state index in [1.54, 1.807) is 29.2 Å². The number of amides is 2. The molecule has 1 aliphatic rings. The molecule has 0 atom stereocenters. The van der Waals surface area contributed by atoms with Crippen LogP contribution in [-0.4, -0.2) is 41.4 Å². The molecule has 0 spiro atoms. The van der Waals surface area contributed by atoms with Gasteiger partial charge in [0.2, 0.25) is 5.91 Å². The average molecular weight is 483 g/mol. The standard InChI is InChI=1S/C28H35FN2O4/c1-28(2,3)35-27(34)31-17-15-20(16-18-31)22-13-14-23(29)24(19-22)30-26(33)12-8-7-11-25(32)21-9-5-4-6-10-21/h4-6,9-10,13-14,19-20H,7-8,11-12,15-18H2,1-3H3,(H,30,33). The summed E-state index contributed by atoms with van der Waals surface area (Å²) in [5.74, 6) is -0.517. The first-order valence-corrected chi connectivity index (χ1v) is 12.3. The van der Waals surface area contributed by atoms with Crippen LogP contribution in [0.1, 0.15) is 81.1 Å². The Kier molecular flexibility index (Phi) is 9.01. The fourth-order valence-corrected chi connectivity index (χ4v) is 4.17. The second-order valence-corrected chi connectivity index (χ2v) is 10.0. The molecular weight excluding hydrogens is 447 g/mol. The lowest BCUT2D eigenvalue weighted by atomic mass is 9.89. The normalized spacial score (nSPS) is 14.5. The monoisotopic (exact) mass is 482 g/mol. The molecule has 6 nitrogen and oxygen atoms in total. The first kappa shape index (κ1) is 26.4. The predicted molar refractivity (Wildman–Crippen MR) is 134 cm³/mol. The number of likely N-dealkylation sites (tertiary alicyclic amines) is 1. The van der Waals surface area contributed by atoms with Crippen LogP contribution < -0.4 is 5.32 Å². The van der Waals surface area contributed by atoms with Gasteiger partial charge in [-0.3, -0.25) is 9.59 Å². The van der Waals surface area contributed by atoms with E-state index in [2.05, 4.69) is 5.32 Å². The lowest BCUT2D eigenvalue weighted by Crippen LogP contribution is -2.41. The summed E-state index contributed by atoms with van der Waals surface area (Å²) in [4.78, 5) is 38.5. The van der Waals surface area contributed by atoms with Gasteiger partial charge < -0.3 is 15.0 Å².